The number of fused-ring (bicyclic) bond motifs is 5. The van der Waals surface area contributed by atoms with Gasteiger partial charge in [0, 0.05) is 29.3 Å². The Kier molecular flexibility index (Phi) is 6.51. The molecule has 5 aliphatic rings. The third-order valence-electron chi connectivity index (χ3n) is 10.1. The minimum absolute atomic E-state index is 0.00702. The molecule has 1 aliphatic heterocycles. The molecule has 0 bridgehead atoms. The predicted molar refractivity (Wildman–Crippen MR) is 130 cm³/mol. The van der Waals surface area contributed by atoms with Gasteiger partial charge in [-0.25, -0.2) is 18.0 Å². The third kappa shape index (κ3) is 3.43. The number of allylic oxidation sites excluding steroid dienone is 4. The van der Waals surface area contributed by atoms with Crippen LogP contribution in [0.3, 0.4) is 0 Å². The first-order chi connectivity index (χ1) is 17.4. The molecule has 204 valence electrons. The highest BCUT2D eigenvalue weighted by atomic mass is 32.2. The monoisotopic (exact) mass is 542 g/mol. The molecule has 1 saturated heterocycles. The Morgan fingerprint density at radius 2 is 2.00 bits per heavy atom. The number of hydrogen-bond acceptors (Lipinski definition) is 7. The molecule has 37 heavy (non-hydrogen) atoms. The van der Waals surface area contributed by atoms with Crippen molar-refractivity contribution in [3.8, 4) is 0 Å². The van der Waals surface area contributed by atoms with Crippen LogP contribution in [0.15, 0.2) is 23.8 Å². The van der Waals surface area contributed by atoms with Gasteiger partial charge in [0.2, 0.25) is 5.12 Å². The van der Waals surface area contributed by atoms with Gasteiger partial charge in [-0.05, 0) is 74.4 Å². The van der Waals surface area contributed by atoms with Gasteiger partial charge >= 0.3 is 5.97 Å². The van der Waals surface area contributed by atoms with Crippen molar-refractivity contribution in [1.82, 2.24) is 0 Å². The lowest BCUT2D eigenvalue weighted by Crippen LogP contribution is -2.70. The maximum Gasteiger partial charge on any atom is 0.336 e. The van der Waals surface area contributed by atoms with Crippen LogP contribution >= 0.6 is 11.8 Å². The zero-order chi connectivity index (χ0) is 27.0. The molecule has 5 unspecified atom stereocenters. The van der Waals surface area contributed by atoms with Crippen LogP contribution in [0, 0.1) is 28.6 Å². The molecule has 1 N–H and O–H groups in total. The highest BCUT2D eigenvalue weighted by Crippen LogP contribution is 2.72. The summed E-state index contributed by atoms with van der Waals surface area (Å²) in [4.78, 5) is 38.8. The van der Waals surface area contributed by atoms with Gasteiger partial charge in [-0.1, -0.05) is 19.9 Å². The van der Waals surface area contributed by atoms with Crippen LogP contribution in [0.1, 0.15) is 52.9 Å². The molecule has 0 aromatic carbocycles. The zero-order valence-corrected chi connectivity index (χ0v) is 22.0. The number of hydrogen-bond donors (Lipinski definition) is 1. The van der Waals surface area contributed by atoms with E-state index in [1.165, 1.54) is 19.1 Å². The second-order valence-corrected chi connectivity index (χ2v) is 12.6. The van der Waals surface area contributed by atoms with Crippen molar-refractivity contribution in [2.75, 3.05) is 12.6 Å². The molecule has 0 radical (unpaired) electrons. The molecule has 3 saturated carbocycles. The van der Waals surface area contributed by atoms with Crippen LogP contribution in [0.4, 0.5) is 13.2 Å². The number of rotatable bonds is 4. The first kappa shape index (κ1) is 26.9. The number of ether oxygens (including phenoxy) is 2. The van der Waals surface area contributed by atoms with E-state index < -0.39 is 81.1 Å². The zero-order valence-electron chi connectivity index (χ0n) is 21.2. The lowest BCUT2D eigenvalue weighted by atomic mass is 9.44. The molecule has 0 amide bonds. The van der Waals surface area contributed by atoms with Crippen LogP contribution in [0.2, 0.25) is 0 Å². The summed E-state index contributed by atoms with van der Waals surface area (Å²) in [5.41, 5.74) is -7.02. The number of aliphatic hydroxyl groups excluding tert-OH is 1. The molecule has 10 heteroatoms. The number of carbonyl (C=O) groups is 3. The van der Waals surface area contributed by atoms with Gasteiger partial charge in [-0.2, -0.15) is 0 Å². The largest absolute Gasteiger partial charge is 0.447 e. The van der Waals surface area contributed by atoms with Gasteiger partial charge in [0.05, 0.1) is 6.10 Å². The Morgan fingerprint density at radius 1 is 1.27 bits per heavy atom. The van der Waals surface area contributed by atoms with Crippen molar-refractivity contribution in [2.24, 2.45) is 28.6 Å². The summed E-state index contributed by atoms with van der Waals surface area (Å²) < 4.78 is 58.0. The van der Waals surface area contributed by atoms with Crippen molar-refractivity contribution in [3.63, 3.8) is 0 Å². The fourth-order valence-electron chi connectivity index (χ4n) is 8.36. The Bertz CT molecular complexity index is 1070. The van der Waals surface area contributed by atoms with Crippen LogP contribution in [0.5, 0.6) is 0 Å². The van der Waals surface area contributed by atoms with Crippen molar-refractivity contribution in [2.45, 2.75) is 82.5 Å². The summed E-state index contributed by atoms with van der Waals surface area (Å²) in [6.07, 6.45) is 0.288. The maximum absolute atomic E-state index is 17.4. The quantitative estimate of drug-likeness (QED) is 0.533. The minimum atomic E-state index is -2.33. The van der Waals surface area contributed by atoms with E-state index in [1.807, 2.05) is 0 Å². The summed E-state index contributed by atoms with van der Waals surface area (Å²) in [6, 6.07) is -1.04. The van der Waals surface area contributed by atoms with Crippen molar-refractivity contribution in [1.29, 1.82) is 0 Å². The molecular weight excluding hydrogens is 509 g/mol. The molecule has 0 spiro atoms. The summed E-state index contributed by atoms with van der Waals surface area (Å²) in [5, 5.41) is 10.8. The molecule has 0 aromatic rings. The number of esters is 1. The number of thioether (sulfide) groups is 1. The Balaban J connectivity index is 1.61. The first-order valence-corrected chi connectivity index (χ1v) is 13.9. The predicted octanol–water partition coefficient (Wildman–Crippen LogP) is 4.20. The van der Waals surface area contributed by atoms with E-state index in [1.54, 1.807) is 13.8 Å². The molecule has 10 atom stereocenters. The molecule has 1 heterocycles. The van der Waals surface area contributed by atoms with Crippen molar-refractivity contribution in [3.05, 3.63) is 23.8 Å². The molecule has 4 aliphatic carbocycles. The second-order valence-electron chi connectivity index (χ2n) is 11.7. The van der Waals surface area contributed by atoms with Crippen molar-refractivity contribution < 1.29 is 42.1 Å². The average molecular weight is 543 g/mol. The topological polar surface area (TPSA) is 89.9 Å². The Morgan fingerprint density at radius 3 is 2.65 bits per heavy atom. The third-order valence-corrected chi connectivity index (χ3v) is 10.8. The molecule has 4 fully saturated rings. The van der Waals surface area contributed by atoms with Crippen LogP contribution in [-0.2, 0) is 23.9 Å². The Labute approximate surface area is 218 Å². The first-order valence-electron chi connectivity index (χ1n) is 12.9. The molecule has 0 aromatic heterocycles. The lowest BCUT2D eigenvalue weighted by Gasteiger charge is -2.63. The van der Waals surface area contributed by atoms with Gasteiger partial charge in [0.15, 0.2) is 23.2 Å². The summed E-state index contributed by atoms with van der Waals surface area (Å²) >= 11 is 0.387. The van der Waals surface area contributed by atoms with Gasteiger partial charge < -0.3 is 14.6 Å². The second kappa shape index (κ2) is 8.95. The van der Waals surface area contributed by atoms with Gasteiger partial charge in [0.25, 0.3) is 0 Å². The van der Waals surface area contributed by atoms with Gasteiger partial charge in [0.1, 0.15) is 12.2 Å². The van der Waals surface area contributed by atoms with E-state index in [4.69, 9.17) is 9.47 Å². The van der Waals surface area contributed by atoms with E-state index in [0.29, 0.717) is 31.2 Å². The van der Waals surface area contributed by atoms with Crippen LogP contribution < -0.4 is 0 Å². The summed E-state index contributed by atoms with van der Waals surface area (Å²) in [7, 11) is 0. The van der Waals surface area contributed by atoms with E-state index in [-0.39, 0.29) is 24.8 Å². The highest BCUT2D eigenvalue weighted by molar-refractivity contribution is 8.13. The standard InChI is InChI=1S/C27H33F3O6S/c1-14-9-16-17-11-19(29)18-10-15(31)6-7-24(18,2)26(17,30)21(32)12-25(16,3)27(14,23(34)37-13-28)36-22(33)20-5-4-8-35-20/h6-7,10,14,16-17,19-21,32H,4-5,8-9,11-13H2,1-3H3/t14?,16-,17-,19?,20+,21?,24-,25-,26?,27?/m0/s1. The molecule has 5 rings (SSSR count). The van der Waals surface area contributed by atoms with Gasteiger partial charge in [-0.3, -0.25) is 9.59 Å². The number of carbonyl (C=O) groups excluding carboxylic acids is 3. The van der Waals surface area contributed by atoms with E-state index >= 15 is 8.78 Å². The van der Waals surface area contributed by atoms with Gasteiger partial charge in [-0.15, -0.1) is 0 Å². The number of alkyl halides is 3. The molecule has 6 nitrogen and oxygen atoms in total. The fourth-order valence-corrected chi connectivity index (χ4v) is 9.15. The van der Waals surface area contributed by atoms with E-state index in [0.717, 1.165) is 6.08 Å². The Hall–Kier alpha value is -1.65. The number of aliphatic hydroxyl groups is 1. The SMILES string of the molecule is CC1C[C@H]2[C@@H]3CC(F)C4=CC(=O)C=C[C@]4(C)C3(F)C(O)C[C@]2(C)C1(OC(=O)[C@H]1CCCO1)C(=O)SCF. The summed E-state index contributed by atoms with van der Waals surface area (Å²) in [5.74, 6) is -3.50. The maximum atomic E-state index is 17.4. The normalized spacial score (nSPS) is 48.6. The summed E-state index contributed by atoms with van der Waals surface area (Å²) in [6.45, 7) is 5.25. The minimum Gasteiger partial charge on any atom is -0.447 e. The highest BCUT2D eigenvalue weighted by Gasteiger charge is 2.78. The number of halogens is 3. The van der Waals surface area contributed by atoms with Crippen molar-refractivity contribution >= 4 is 28.6 Å². The van der Waals surface area contributed by atoms with E-state index in [2.05, 4.69) is 0 Å². The molecular formula is C27H33F3O6S. The average Bonchev–Trinajstić information content (AvgIpc) is 3.45. The lowest BCUT2D eigenvalue weighted by molar-refractivity contribution is -0.231. The van der Waals surface area contributed by atoms with Crippen LogP contribution in [0.25, 0.3) is 0 Å². The van der Waals surface area contributed by atoms with E-state index in [9.17, 15) is 23.9 Å². The van der Waals surface area contributed by atoms with Crippen LogP contribution in [-0.4, -0.2) is 64.2 Å². The fraction of sp³-hybridized carbons (Fsp3) is 0.741. The number of ketones is 1. The smallest absolute Gasteiger partial charge is 0.336 e.